The van der Waals surface area contributed by atoms with Gasteiger partial charge in [0.05, 0.1) is 13.2 Å². The largest absolute Gasteiger partial charge is 0.472 e. The normalized spacial score (nSPS) is 27.7. The summed E-state index contributed by atoms with van der Waals surface area (Å²) in [6.45, 7) is 5.79. The average molecular weight is 1440 g/mol. The van der Waals surface area contributed by atoms with E-state index in [4.69, 9.17) is 42.2 Å². The molecule has 1 saturated carbocycles. The summed E-state index contributed by atoms with van der Waals surface area (Å²) in [4.78, 5) is 51.1. The van der Waals surface area contributed by atoms with Crippen molar-refractivity contribution in [2.45, 2.75) is 421 Å². The van der Waals surface area contributed by atoms with Gasteiger partial charge in [-0.25, -0.2) is 4.57 Å². The van der Waals surface area contributed by atoms with Crippen molar-refractivity contribution in [3.63, 3.8) is 0 Å². The highest BCUT2D eigenvalue weighted by Crippen LogP contribution is 2.49. The fourth-order valence-electron chi connectivity index (χ4n) is 13.3. The Bertz CT molecular complexity index is 2060. The van der Waals surface area contributed by atoms with Crippen LogP contribution in [0.15, 0.2) is 0 Å². The number of hydrogen-bond donors (Lipinski definition) is 11. The van der Waals surface area contributed by atoms with Crippen molar-refractivity contribution in [3.05, 3.63) is 0 Å². The van der Waals surface area contributed by atoms with Crippen LogP contribution in [0.25, 0.3) is 0 Å². The number of rotatable bonds is 61. The summed E-state index contributed by atoms with van der Waals surface area (Å²) in [5.74, 6) is -1.29. The van der Waals surface area contributed by atoms with E-state index in [1.807, 2.05) is 0 Å². The first-order valence-electron chi connectivity index (χ1n) is 39.2. The Morgan fingerprint density at radius 3 is 1.09 bits per heavy atom. The van der Waals surface area contributed by atoms with Crippen molar-refractivity contribution in [2.75, 3.05) is 26.4 Å². The lowest BCUT2D eigenvalue weighted by molar-refractivity contribution is -0.360. The van der Waals surface area contributed by atoms with Gasteiger partial charge in [-0.15, -0.1) is 0 Å². The summed E-state index contributed by atoms with van der Waals surface area (Å²) >= 11 is 0. The van der Waals surface area contributed by atoms with Crippen LogP contribution in [0.4, 0.5) is 0 Å². The molecule has 25 heteroatoms. The van der Waals surface area contributed by atoms with Crippen LogP contribution >= 0.6 is 7.82 Å². The van der Waals surface area contributed by atoms with Crippen molar-refractivity contribution >= 4 is 25.7 Å². The van der Waals surface area contributed by atoms with Gasteiger partial charge in [0.1, 0.15) is 98.7 Å². The molecule has 99 heavy (non-hydrogen) atoms. The van der Waals surface area contributed by atoms with Crippen molar-refractivity contribution in [1.82, 2.24) is 0 Å². The zero-order valence-corrected chi connectivity index (χ0v) is 62.1. The molecular formula is C74H139O24P. The van der Waals surface area contributed by atoms with Gasteiger partial charge in [0.15, 0.2) is 18.7 Å². The number of unbranched alkanes of at least 4 members (excludes halogenated alkanes) is 36. The first kappa shape index (κ1) is 91.2. The van der Waals surface area contributed by atoms with Crippen LogP contribution in [0.3, 0.4) is 0 Å². The summed E-state index contributed by atoms with van der Waals surface area (Å²) in [6.07, 6.45) is 11.6. The molecule has 11 N–H and O–H groups in total. The predicted molar refractivity (Wildman–Crippen MR) is 375 cm³/mol. The lowest BCUT2D eigenvalue weighted by atomic mass is 9.84. The van der Waals surface area contributed by atoms with Gasteiger partial charge >= 0.3 is 25.7 Å². The molecule has 2 aliphatic heterocycles. The van der Waals surface area contributed by atoms with Gasteiger partial charge in [0, 0.05) is 19.3 Å². The molecule has 0 aromatic carbocycles. The number of carbonyl (C=O) groups excluding carboxylic acids is 3. The first-order chi connectivity index (χ1) is 47.7. The van der Waals surface area contributed by atoms with Gasteiger partial charge in [0.2, 0.25) is 0 Å². The average Bonchev–Trinajstić information content (AvgIpc) is 0.762. The lowest BCUT2D eigenvalue weighted by Gasteiger charge is -2.49. The highest BCUT2D eigenvalue weighted by Gasteiger charge is 2.58. The molecule has 0 amide bonds. The second kappa shape index (κ2) is 55.4. The fourth-order valence-corrected chi connectivity index (χ4v) is 14.3. The number of phosphoric acid groups is 1. The molecule has 24 nitrogen and oxygen atoms in total. The number of aliphatic hydroxyl groups excluding tert-OH is 10. The topological polar surface area (TPSA) is 374 Å². The SMILES string of the molecule is CCCCCCCCCCCCCCCCCCC(=O)OCC(COP(=O)(O)OC1C(OC2OC(CO)C(O)C(O)C2O)C(O)C(O)C(O)C1OC1OC(COC(=O)CCCCCCCCCCCCCC)C(O)C(O)C1O)OC(=O)CCCCCCCCC(C)CCCCCCCC. The standard InChI is InChI=1S/C74H139O24P/c1-5-8-11-14-17-19-21-23-24-25-26-28-30-31-37-42-47-58(76)90-51-55(93-60(78)49-44-39-34-33-36-41-46-54(4)45-40-35-16-13-10-7-3)52-92-99(88,89)98-72-70(96-73-68(86)63(81)61(79)56(50-75)94-73)66(84)65(83)67(85)71(72)97-74-69(87)64(82)62(80)57(95-74)53-91-59(77)48-43-38-32-29-27-22-20-18-15-12-9-6-2/h54-57,61-75,79-87H,5-53H2,1-4H3,(H,88,89). The van der Waals surface area contributed by atoms with Crippen LogP contribution in [0, 0.1) is 5.92 Å². The molecule has 3 fully saturated rings. The Labute approximate surface area is 593 Å². The highest BCUT2D eigenvalue weighted by molar-refractivity contribution is 7.47. The van der Waals surface area contributed by atoms with E-state index in [9.17, 15) is 74.9 Å². The third-order valence-corrected chi connectivity index (χ3v) is 20.8. The van der Waals surface area contributed by atoms with Crippen LogP contribution < -0.4 is 0 Å². The van der Waals surface area contributed by atoms with Crippen LogP contribution in [-0.2, 0) is 61.2 Å². The Balaban J connectivity index is 1.73. The van der Waals surface area contributed by atoms with E-state index in [-0.39, 0.29) is 19.3 Å². The van der Waals surface area contributed by atoms with Crippen LogP contribution in [0.5, 0.6) is 0 Å². The van der Waals surface area contributed by atoms with Gasteiger partial charge < -0.3 is 89.1 Å². The lowest BCUT2D eigenvalue weighted by Crippen LogP contribution is -2.69. The molecule has 3 rings (SSSR count). The summed E-state index contributed by atoms with van der Waals surface area (Å²) < 4.78 is 65.2. The van der Waals surface area contributed by atoms with E-state index in [0.29, 0.717) is 25.2 Å². The third-order valence-electron chi connectivity index (χ3n) is 19.8. The number of phosphoric ester groups is 1. The van der Waals surface area contributed by atoms with E-state index in [1.54, 1.807) is 0 Å². The quantitative estimate of drug-likeness (QED) is 0.0117. The minimum absolute atomic E-state index is 0.0328. The Morgan fingerprint density at radius 2 is 0.707 bits per heavy atom. The molecule has 2 saturated heterocycles. The molecule has 584 valence electrons. The molecule has 1 aliphatic carbocycles. The molecule has 19 unspecified atom stereocenters. The van der Waals surface area contributed by atoms with Crippen molar-refractivity contribution in [3.8, 4) is 0 Å². The van der Waals surface area contributed by atoms with Gasteiger partial charge in [-0.3, -0.25) is 23.4 Å². The second-order valence-corrected chi connectivity index (χ2v) is 30.1. The molecule has 0 aromatic rings. The molecule has 0 radical (unpaired) electrons. The second-order valence-electron chi connectivity index (χ2n) is 28.7. The molecule has 2 heterocycles. The molecular weight excluding hydrogens is 1300 g/mol. The summed E-state index contributed by atoms with van der Waals surface area (Å²) in [5, 5.41) is 110. The maximum atomic E-state index is 14.4. The Morgan fingerprint density at radius 1 is 0.384 bits per heavy atom. The molecule has 0 spiro atoms. The van der Waals surface area contributed by atoms with Crippen LogP contribution in [-0.4, -0.2) is 204 Å². The minimum atomic E-state index is -5.70. The third kappa shape index (κ3) is 38.7. The number of ether oxygens (including phenoxy) is 7. The van der Waals surface area contributed by atoms with Gasteiger partial charge in [-0.2, -0.15) is 0 Å². The summed E-state index contributed by atoms with van der Waals surface area (Å²) in [6, 6.07) is 0. The zero-order chi connectivity index (χ0) is 72.6. The number of hydrogen-bond acceptors (Lipinski definition) is 23. The molecule has 3 aliphatic rings. The Kier molecular flexibility index (Phi) is 51.0. The highest BCUT2D eigenvalue weighted by atomic mass is 31.2. The van der Waals surface area contributed by atoms with Gasteiger partial charge in [-0.1, -0.05) is 278 Å². The fraction of sp³-hybridized carbons (Fsp3) is 0.959. The number of carbonyl (C=O) groups is 3. The Hall–Kier alpha value is -2.04. The van der Waals surface area contributed by atoms with Crippen LogP contribution in [0.2, 0.25) is 0 Å². The summed E-state index contributed by atoms with van der Waals surface area (Å²) in [5.41, 5.74) is 0. The van der Waals surface area contributed by atoms with Crippen LogP contribution in [0.1, 0.15) is 317 Å². The molecule has 19 atom stereocenters. The maximum Gasteiger partial charge on any atom is 0.472 e. The van der Waals surface area contributed by atoms with E-state index >= 15 is 0 Å². The van der Waals surface area contributed by atoms with Crippen molar-refractivity contribution in [1.29, 1.82) is 0 Å². The van der Waals surface area contributed by atoms with E-state index in [0.717, 1.165) is 89.9 Å². The molecule has 0 aromatic heterocycles. The first-order valence-corrected chi connectivity index (χ1v) is 40.7. The monoisotopic (exact) mass is 1440 g/mol. The van der Waals surface area contributed by atoms with E-state index < -0.39 is 156 Å². The van der Waals surface area contributed by atoms with Crippen molar-refractivity contribution < 1.29 is 117 Å². The predicted octanol–water partition coefficient (Wildman–Crippen LogP) is 11.2. The summed E-state index contributed by atoms with van der Waals surface area (Å²) in [7, 11) is -5.70. The van der Waals surface area contributed by atoms with E-state index in [1.165, 1.54) is 161 Å². The van der Waals surface area contributed by atoms with E-state index in [2.05, 4.69) is 27.7 Å². The zero-order valence-electron chi connectivity index (χ0n) is 61.2. The van der Waals surface area contributed by atoms with Gasteiger partial charge in [0.25, 0.3) is 0 Å². The smallest absolute Gasteiger partial charge is 0.463 e. The molecule has 0 bridgehead atoms. The minimum Gasteiger partial charge on any atom is -0.463 e. The van der Waals surface area contributed by atoms with Crippen molar-refractivity contribution in [2.24, 2.45) is 5.92 Å². The number of esters is 3. The van der Waals surface area contributed by atoms with Gasteiger partial charge in [-0.05, 0) is 25.2 Å². The maximum absolute atomic E-state index is 14.4. The number of aliphatic hydroxyl groups is 10.